The lowest BCUT2D eigenvalue weighted by Gasteiger charge is -2.34. The first kappa shape index (κ1) is 51.7. The van der Waals surface area contributed by atoms with Crippen molar-refractivity contribution in [1.29, 1.82) is 0 Å². The molecule has 0 bridgehead atoms. The fraction of sp³-hybridized carbons (Fsp3) is 0.961. The third-order valence-corrected chi connectivity index (χ3v) is 13.5. The quantitative estimate of drug-likeness (QED) is 0.0610. The Kier molecular flexibility index (Phi) is 35.1. The molecule has 0 radical (unpaired) electrons. The van der Waals surface area contributed by atoms with Gasteiger partial charge in [0.1, 0.15) is 0 Å². The first-order valence-electron chi connectivity index (χ1n) is 26.0. The lowest BCUT2D eigenvalue weighted by molar-refractivity contribution is 0.131. The maximum Gasteiger partial charge on any atom is 0.407 e. The van der Waals surface area contributed by atoms with Gasteiger partial charge in [0, 0.05) is 12.1 Å². The van der Waals surface area contributed by atoms with Crippen molar-refractivity contribution in [2.75, 3.05) is 13.2 Å². The van der Waals surface area contributed by atoms with Gasteiger partial charge in [-0.15, -0.1) is 0 Å². The Labute approximate surface area is 355 Å². The monoisotopic (exact) mass is 803 g/mol. The zero-order chi connectivity index (χ0) is 40.7. The number of hydrogen-bond acceptors (Lipinski definition) is 4. The van der Waals surface area contributed by atoms with E-state index in [0.717, 1.165) is 63.2 Å². The number of amides is 2. The van der Waals surface area contributed by atoms with Crippen LogP contribution in [0.25, 0.3) is 0 Å². The van der Waals surface area contributed by atoms with Crippen molar-refractivity contribution in [3.63, 3.8) is 0 Å². The largest absolute Gasteiger partial charge is 0.450 e. The molecule has 2 amide bonds. The van der Waals surface area contributed by atoms with E-state index in [1.165, 1.54) is 212 Å². The summed E-state index contributed by atoms with van der Waals surface area (Å²) in [7, 11) is 0. The van der Waals surface area contributed by atoms with Gasteiger partial charge in [-0.3, -0.25) is 0 Å². The number of alkyl carbamates (subject to hydrolysis) is 2. The molecule has 0 aliphatic heterocycles. The number of unbranched alkanes of at least 4 members (excludes halogenated alkanes) is 30. The molecule has 2 rings (SSSR count). The lowest BCUT2D eigenvalue weighted by Crippen LogP contribution is -2.39. The molecule has 2 fully saturated rings. The molecule has 6 nitrogen and oxygen atoms in total. The van der Waals surface area contributed by atoms with E-state index in [1.54, 1.807) is 0 Å². The second-order valence-electron chi connectivity index (χ2n) is 18.8. The van der Waals surface area contributed by atoms with E-state index in [4.69, 9.17) is 9.47 Å². The molecule has 6 heteroatoms. The SMILES string of the molecule is CCCCCCCCCCCCCCCCCCOC(=O)NC1CCC(CC2CCC(NC(=O)OCCCCCCCCCCCCCCCCCC)CC2)CC1. The van der Waals surface area contributed by atoms with Crippen LogP contribution in [0.2, 0.25) is 0 Å². The molecule has 0 unspecified atom stereocenters. The predicted octanol–water partition coefficient (Wildman–Crippen LogP) is 16.5. The van der Waals surface area contributed by atoms with E-state index in [2.05, 4.69) is 24.5 Å². The summed E-state index contributed by atoms with van der Waals surface area (Å²) in [4.78, 5) is 24.8. The van der Waals surface area contributed by atoms with E-state index < -0.39 is 0 Å². The Morgan fingerprint density at radius 3 is 0.825 bits per heavy atom. The van der Waals surface area contributed by atoms with Crippen LogP contribution < -0.4 is 10.6 Å². The molecule has 0 heterocycles. The average Bonchev–Trinajstić information content (AvgIpc) is 3.21. The van der Waals surface area contributed by atoms with Crippen LogP contribution >= 0.6 is 0 Å². The Bertz CT molecular complexity index is 812. The molecular weight excluding hydrogens is 705 g/mol. The van der Waals surface area contributed by atoms with E-state index >= 15 is 0 Å². The Morgan fingerprint density at radius 2 is 0.579 bits per heavy atom. The Hall–Kier alpha value is -1.46. The lowest BCUT2D eigenvalue weighted by atomic mass is 9.76. The van der Waals surface area contributed by atoms with Crippen LogP contribution in [-0.2, 0) is 9.47 Å². The standard InChI is InChI=1S/C51H98N2O4/c1-3-5-7-9-11-13-15-17-19-21-23-25-27-29-31-33-43-56-50(54)52-48-39-35-46(36-40-48)45-47-37-41-49(42-38-47)53-51(55)57-44-34-32-30-28-26-24-22-20-18-16-14-12-10-8-6-4-2/h46-49H,3-45H2,1-2H3,(H,52,54)(H,53,55). The van der Waals surface area contributed by atoms with Crippen molar-refractivity contribution in [2.45, 2.75) is 289 Å². The van der Waals surface area contributed by atoms with Crippen molar-refractivity contribution in [2.24, 2.45) is 11.8 Å². The summed E-state index contributed by atoms with van der Waals surface area (Å²) in [5, 5.41) is 6.31. The molecule has 57 heavy (non-hydrogen) atoms. The summed E-state index contributed by atoms with van der Waals surface area (Å²) in [5.41, 5.74) is 0. The van der Waals surface area contributed by atoms with Crippen molar-refractivity contribution in [1.82, 2.24) is 10.6 Å². The zero-order valence-electron chi connectivity index (χ0n) is 38.3. The Morgan fingerprint density at radius 1 is 0.351 bits per heavy atom. The number of rotatable bonds is 38. The highest BCUT2D eigenvalue weighted by Crippen LogP contribution is 2.35. The predicted molar refractivity (Wildman–Crippen MR) is 244 cm³/mol. The molecule has 2 N–H and O–H groups in total. The van der Waals surface area contributed by atoms with Gasteiger partial charge in [0.25, 0.3) is 0 Å². The van der Waals surface area contributed by atoms with Gasteiger partial charge in [0.05, 0.1) is 13.2 Å². The number of ether oxygens (including phenoxy) is 2. The van der Waals surface area contributed by atoms with Gasteiger partial charge < -0.3 is 20.1 Å². The fourth-order valence-corrected chi connectivity index (χ4v) is 9.60. The second kappa shape index (κ2) is 38.7. The van der Waals surface area contributed by atoms with E-state index in [-0.39, 0.29) is 24.3 Å². The van der Waals surface area contributed by atoms with Gasteiger partial charge in [-0.05, 0) is 82.5 Å². The van der Waals surface area contributed by atoms with Crippen molar-refractivity contribution < 1.29 is 19.1 Å². The van der Waals surface area contributed by atoms with Crippen LogP contribution in [0.5, 0.6) is 0 Å². The van der Waals surface area contributed by atoms with Crippen molar-refractivity contribution >= 4 is 12.2 Å². The van der Waals surface area contributed by atoms with Crippen LogP contribution in [0.15, 0.2) is 0 Å². The maximum absolute atomic E-state index is 12.4. The molecule has 336 valence electrons. The summed E-state index contributed by atoms with van der Waals surface area (Å²) in [6.07, 6.45) is 53.3. The third kappa shape index (κ3) is 32.0. The zero-order valence-corrected chi connectivity index (χ0v) is 38.3. The molecule has 0 aromatic carbocycles. The highest BCUT2D eigenvalue weighted by Gasteiger charge is 2.28. The summed E-state index contributed by atoms with van der Waals surface area (Å²) >= 11 is 0. The fourth-order valence-electron chi connectivity index (χ4n) is 9.60. The minimum Gasteiger partial charge on any atom is -0.450 e. The van der Waals surface area contributed by atoms with Crippen molar-refractivity contribution in [3.05, 3.63) is 0 Å². The molecule has 0 atom stereocenters. The number of nitrogens with one attached hydrogen (secondary N) is 2. The van der Waals surface area contributed by atoms with Gasteiger partial charge in [-0.25, -0.2) is 9.59 Å². The van der Waals surface area contributed by atoms with Crippen LogP contribution in [-0.4, -0.2) is 37.5 Å². The molecule has 2 aliphatic rings. The first-order valence-corrected chi connectivity index (χ1v) is 26.0. The van der Waals surface area contributed by atoms with Crippen LogP contribution in [0.4, 0.5) is 9.59 Å². The molecule has 2 aliphatic carbocycles. The smallest absolute Gasteiger partial charge is 0.407 e. The average molecular weight is 803 g/mol. The molecule has 0 aromatic rings. The molecular formula is C51H98N2O4. The minimum absolute atomic E-state index is 0.214. The number of carbonyl (C=O) groups is 2. The highest BCUT2D eigenvalue weighted by atomic mass is 16.6. The van der Waals surface area contributed by atoms with Gasteiger partial charge in [0.2, 0.25) is 0 Å². The van der Waals surface area contributed by atoms with Gasteiger partial charge in [-0.2, -0.15) is 0 Å². The molecule has 0 aromatic heterocycles. The third-order valence-electron chi connectivity index (χ3n) is 13.5. The van der Waals surface area contributed by atoms with Gasteiger partial charge >= 0.3 is 12.2 Å². The van der Waals surface area contributed by atoms with Crippen LogP contribution in [0.1, 0.15) is 277 Å². The number of hydrogen-bond donors (Lipinski definition) is 2. The van der Waals surface area contributed by atoms with Crippen LogP contribution in [0.3, 0.4) is 0 Å². The molecule has 2 saturated carbocycles. The highest BCUT2D eigenvalue weighted by molar-refractivity contribution is 5.67. The first-order chi connectivity index (χ1) is 28.1. The van der Waals surface area contributed by atoms with E-state index in [1.807, 2.05) is 0 Å². The van der Waals surface area contributed by atoms with Gasteiger partial charge in [0.15, 0.2) is 0 Å². The van der Waals surface area contributed by atoms with Crippen LogP contribution in [0, 0.1) is 11.8 Å². The Balaban J connectivity index is 1.31. The topological polar surface area (TPSA) is 76.7 Å². The normalized spacial score (nSPS) is 19.7. The maximum atomic E-state index is 12.4. The van der Waals surface area contributed by atoms with Gasteiger partial charge in [-0.1, -0.05) is 206 Å². The summed E-state index contributed by atoms with van der Waals surface area (Å²) in [6.45, 7) is 5.68. The molecule has 0 spiro atoms. The van der Waals surface area contributed by atoms with E-state index in [0.29, 0.717) is 13.2 Å². The van der Waals surface area contributed by atoms with Crippen molar-refractivity contribution in [3.8, 4) is 0 Å². The minimum atomic E-state index is -0.214. The summed E-state index contributed by atoms with van der Waals surface area (Å²) in [5.74, 6) is 1.53. The summed E-state index contributed by atoms with van der Waals surface area (Å²) in [6, 6.07) is 0.536. The second-order valence-corrected chi connectivity index (χ2v) is 18.8. The van der Waals surface area contributed by atoms with E-state index in [9.17, 15) is 9.59 Å². The molecule has 0 saturated heterocycles. The summed E-state index contributed by atoms with van der Waals surface area (Å²) < 4.78 is 11.1. The number of carbonyl (C=O) groups excluding carboxylic acids is 2.